The fourth-order valence-electron chi connectivity index (χ4n) is 0.518. The summed E-state index contributed by atoms with van der Waals surface area (Å²) in [5, 5.41) is 0. The lowest BCUT2D eigenvalue weighted by Gasteiger charge is -1.96. The molecule has 0 aromatic carbocycles. The molecule has 0 saturated carbocycles. The highest BCUT2D eigenvalue weighted by atomic mass is 35.5. The van der Waals surface area contributed by atoms with Crippen molar-refractivity contribution in [2.45, 2.75) is 6.92 Å². The van der Waals surface area contributed by atoms with Crippen molar-refractivity contribution in [1.82, 2.24) is 0 Å². The van der Waals surface area contributed by atoms with Gasteiger partial charge in [-0.3, -0.25) is 9.98 Å². The molecule has 2 nitrogen and oxygen atoms in total. The van der Waals surface area contributed by atoms with Crippen LogP contribution in [0.25, 0.3) is 0 Å². The highest BCUT2D eigenvalue weighted by Gasteiger charge is 1.94. The number of rotatable bonds is 4. The molecule has 0 unspecified atom stereocenters. The predicted octanol–water partition coefficient (Wildman–Crippen LogP) is 2.47. The number of hydrogen-bond acceptors (Lipinski definition) is 2. The second kappa shape index (κ2) is 6.38. The summed E-state index contributed by atoms with van der Waals surface area (Å²) in [6, 6.07) is 0.254. The van der Waals surface area contributed by atoms with Crippen LogP contribution in [-0.4, -0.2) is 24.8 Å². The van der Waals surface area contributed by atoms with E-state index in [4.69, 9.17) is 23.2 Å². The Balaban J connectivity index is 4.34. The van der Waals surface area contributed by atoms with E-state index in [9.17, 15) is 0 Å². The van der Waals surface area contributed by atoms with Crippen molar-refractivity contribution in [3.63, 3.8) is 0 Å². The van der Waals surface area contributed by atoms with Crippen LogP contribution in [0.15, 0.2) is 21.3 Å². The molecule has 0 spiro atoms. The van der Waals surface area contributed by atoms with Gasteiger partial charge in [0.25, 0.3) is 0 Å². The summed E-state index contributed by atoms with van der Waals surface area (Å²) < 4.78 is 0. The van der Waals surface area contributed by atoms with E-state index in [0.717, 1.165) is 11.3 Å². The lowest BCUT2D eigenvalue weighted by molar-refractivity contribution is 1.27. The summed E-state index contributed by atoms with van der Waals surface area (Å²) in [6.07, 6.45) is 1.64. The Morgan fingerprint density at radius 2 is 2.18 bits per heavy atom. The van der Waals surface area contributed by atoms with Crippen molar-refractivity contribution in [2.24, 2.45) is 9.98 Å². The number of aliphatic imine (C=N–C) groups is 2. The van der Waals surface area contributed by atoms with Crippen LogP contribution in [-0.2, 0) is 0 Å². The lowest BCUT2D eigenvalue weighted by Crippen LogP contribution is -1.88. The minimum Gasteiger partial charge on any atom is -0.277 e. The summed E-state index contributed by atoms with van der Waals surface area (Å²) in [5.74, 6) is 0.351. The van der Waals surface area contributed by atoms with Gasteiger partial charge in [-0.1, -0.05) is 0 Å². The Morgan fingerprint density at radius 1 is 1.55 bits per heavy atom. The molecule has 0 aliphatic heterocycles. The fraction of sp³-hybridized carbons (Fsp3) is 0.429. The van der Waals surface area contributed by atoms with Crippen LogP contribution in [0.5, 0.6) is 0 Å². The van der Waals surface area contributed by atoms with Crippen molar-refractivity contribution in [3.05, 3.63) is 11.3 Å². The zero-order chi connectivity index (χ0) is 8.69. The Kier molecular flexibility index (Phi) is 6.18. The second-order valence-electron chi connectivity index (χ2n) is 1.85. The van der Waals surface area contributed by atoms with Crippen molar-refractivity contribution in [1.29, 1.82) is 0 Å². The molecule has 0 aliphatic carbocycles. The molecule has 4 heteroatoms. The van der Waals surface area contributed by atoms with E-state index >= 15 is 0 Å². The summed E-state index contributed by atoms with van der Waals surface area (Å²) >= 11 is 10.9. The average Bonchev–Trinajstić information content (AvgIpc) is 2.03. The highest BCUT2D eigenvalue weighted by Crippen LogP contribution is 2.04. The van der Waals surface area contributed by atoms with E-state index in [-0.39, 0.29) is 6.00 Å². The third-order valence-electron chi connectivity index (χ3n) is 1.13. The number of alkyl halides is 2. The molecule has 0 heterocycles. The van der Waals surface area contributed by atoms with Crippen LogP contribution >= 0.6 is 23.2 Å². The van der Waals surface area contributed by atoms with E-state index < -0.39 is 0 Å². The molecule has 11 heavy (non-hydrogen) atoms. The van der Waals surface area contributed by atoms with Crippen molar-refractivity contribution in [2.75, 3.05) is 11.9 Å². The summed E-state index contributed by atoms with van der Waals surface area (Å²) in [5.41, 5.74) is 1.64. The molecule has 0 aliphatic rings. The van der Waals surface area contributed by atoms with Gasteiger partial charge in [0.15, 0.2) is 0 Å². The number of allylic oxidation sites excluding steroid dienone is 2. The topological polar surface area (TPSA) is 24.7 Å². The van der Waals surface area contributed by atoms with Crippen LogP contribution in [0.3, 0.4) is 0 Å². The maximum absolute atomic E-state index is 5.56. The Hall–Kier alpha value is -0.340. The first-order valence-corrected chi connectivity index (χ1v) is 4.11. The molecule has 0 atom stereocenters. The van der Waals surface area contributed by atoms with Crippen molar-refractivity contribution < 1.29 is 0 Å². The van der Waals surface area contributed by atoms with Gasteiger partial charge in [0.1, 0.15) is 6.00 Å². The Bertz CT molecular complexity index is 185. The Labute approximate surface area is 76.6 Å². The van der Waals surface area contributed by atoms with E-state index in [2.05, 4.69) is 16.7 Å². The zero-order valence-electron chi connectivity index (χ0n) is 6.35. The fourth-order valence-corrected chi connectivity index (χ4v) is 0.883. The third kappa shape index (κ3) is 4.17. The van der Waals surface area contributed by atoms with Gasteiger partial charge in [0, 0.05) is 6.21 Å². The van der Waals surface area contributed by atoms with E-state index in [1.54, 1.807) is 6.21 Å². The molecule has 0 bridgehead atoms. The van der Waals surface area contributed by atoms with E-state index in [1.165, 1.54) is 0 Å². The first-order chi connectivity index (χ1) is 5.26. The maximum atomic E-state index is 5.56. The molecule has 0 aromatic rings. The summed E-state index contributed by atoms with van der Waals surface area (Å²) in [4.78, 5) is 7.55. The number of nitrogens with zero attached hydrogens (tertiary/aromatic N) is 2. The van der Waals surface area contributed by atoms with Gasteiger partial charge in [-0.05, 0) is 19.2 Å². The molecule has 0 fully saturated rings. The largest absolute Gasteiger partial charge is 0.277 e. The van der Waals surface area contributed by atoms with E-state index in [1.807, 2.05) is 6.92 Å². The zero-order valence-corrected chi connectivity index (χ0v) is 7.86. The van der Waals surface area contributed by atoms with Crippen LogP contribution in [0, 0.1) is 0 Å². The molecular formula is C7H10Cl2N2. The molecule has 0 aromatic heterocycles. The number of halogens is 2. The molecular weight excluding hydrogens is 183 g/mol. The van der Waals surface area contributed by atoms with Gasteiger partial charge in [0.05, 0.1) is 11.6 Å². The predicted molar refractivity (Wildman–Crippen MR) is 52.2 cm³/mol. The molecule has 62 valence electrons. The van der Waals surface area contributed by atoms with E-state index in [0.29, 0.717) is 5.88 Å². The summed E-state index contributed by atoms with van der Waals surface area (Å²) in [6.45, 7) is 5.24. The quantitative estimate of drug-likeness (QED) is 0.372. The number of hydrogen-bond donors (Lipinski definition) is 0. The molecule has 0 amide bonds. The molecule has 0 N–H and O–H groups in total. The van der Waals surface area contributed by atoms with Gasteiger partial charge in [-0.15, -0.1) is 23.2 Å². The van der Waals surface area contributed by atoms with Gasteiger partial charge in [0.2, 0.25) is 0 Å². The molecule has 0 saturated heterocycles. The van der Waals surface area contributed by atoms with Crippen LogP contribution < -0.4 is 0 Å². The van der Waals surface area contributed by atoms with Crippen LogP contribution in [0.4, 0.5) is 0 Å². The minimum absolute atomic E-state index is 0.254. The van der Waals surface area contributed by atoms with Gasteiger partial charge in [-0.2, -0.15) is 0 Å². The first kappa shape index (κ1) is 10.7. The second-order valence-corrected chi connectivity index (χ2v) is 2.36. The third-order valence-corrected chi connectivity index (χ3v) is 1.52. The van der Waals surface area contributed by atoms with Crippen LogP contribution in [0.1, 0.15) is 6.92 Å². The highest BCUT2D eigenvalue weighted by molar-refractivity contribution is 6.20. The van der Waals surface area contributed by atoms with Crippen molar-refractivity contribution >= 4 is 36.1 Å². The molecule has 0 rings (SSSR count). The monoisotopic (exact) mass is 192 g/mol. The lowest BCUT2D eigenvalue weighted by atomic mass is 10.3. The minimum atomic E-state index is 0.254. The smallest absolute Gasteiger partial charge is 0.113 e. The Morgan fingerprint density at radius 3 is 2.55 bits per heavy atom. The normalized spacial score (nSPS) is 13.4. The SMILES string of the molecule is C=N/C(CCl)=C(C)\C=N/CCl. The van der Waals surface area contributed by atoms with Gasteiger partial charge >= 0.3 is 0 Å². The van der Waals surface area contributed by atoms with Crippen molar-refractivity contribution in [3.8, 4) is 0 Å². The average molecular weight is 193 g/mol. The van der Waals surface area contributed by atoms with Gasteiger partial charge < -0.3 is 0 Å². The summed E-state index contributed by atoms with van der Waals surface area (Å²) in [7, 11) is 0. The van der Waals surface area contributed by atoms with Gasteiger partial charge in [-0.25, -0.2) is 0 Å². The molecule has 0 radical (unpaired) electrons. The first-order valence-electron chi connectivity index (χ1n) is 3.04. The standard InChI is InChI=1S/C7H10Cl2N2/c1-6(4-11-5-9)7(3-8)10-2/h4H,2-3,5H2,1H3/b7-6-,11-4-. The van der Waals surface area contributed by atoms with Crippen LogP contribution in [0.2, 0.25) is 0 Å². The maximum Gasteiger partial charge on any atom is 0.113 e.